The van der Waals surface area contributed by atoms with Crippen LogP contribution in [-0.4, -0.2) is 14.1 Å². The highest BCUT2D eigenvalue weighted by Crippen LogP contribution is 2.37. The Kier molecular flexibility index (Phi) is 4.93. The molecule has 28 heavy (non-hydrogen) atoms. The maximum atomic E-state index is 11.5. The minimum atomic E-state index is -3.73. The third-order valence-electron chi connectivity index (χ3n) is 4.70. The standard InChI is InChI=1S/C21H18ClN3O2S/c22-17-8-6-15(7-9-17)20-14-21(16-4-2-1-3-5-16)25(24-20)18-10-12-19(13-11-18)28(23,26)27/h1-13,21H,14H2,(H2,23,26,27). The fourth-order valence-electron chi connectivity index (χ4n) is 3.29. The van der Waals surface area contributed by atoms with Gasteiger partial charge in [-0.25, -0.2) is 13.6 Å². The normalized spacial score (nSPS) is 16.9. The van der Waals surface area contributed by atoms with Gasteiger partial charge in [-0.05, 0) is 47.5 Å². The summed E-state index contributed by atoms with van der Waals surface area (Å²) in [5.41, 5.74) is 3.88. The summed E-state index contributed by atoms with van der Waals surface area (Å²) in [4.78, 5) is 0.0774. The second-order valence-corrected chi connectivity index (χ2v) is 8.57. The first-order valence-corrected chi connectivity index (χ1v) is 10.6. The smallest absolute Gasteiger partial charge is 0.238 e. The van der Waals surface area contributed by atoms with E-state index < -0.39 is 10.0 Å². The fraction of sp³-hybridized carbons (Fsp3) is 0.0952. The molecular formula is C21H18ClN3O2S. The van der Waals surface area contributed by atoms with Crippen LogP contribution in [0.1, 0.15) is 23.6 Å². The zero-order valence-electron chi connectivity index (χ0n) is 14.9. The summed E-state index contributed by atoms with van der Waals surface area (Å²) in [5.74, 6) is 0. The van der Waals surface area contributed by atoms with Gasteiger partial charge in [-0.3, -0.25) is 5.01 Å². The Morgan fingerprint density at radius 3 is 2.18 bits per heavy atom. The molecule has 0 bridgehead atoms. The average molecular weight is 412 g/mol. The van der Waals surface area contributed by atoms with Gasteiger partial charge in [0.15, 0.2) is 0 Å². The number of hydrazone groups is 1. The Labute approximate surface area is 169 Å². The number of nitrogens with two attached hydrogens (primary N) is 1. The summed E-state index contributed by atoms with van der Waals surface area (Å²) >= 11 is 6.01. The summed E-state index contributed by atoms with van der Waals surface area (Å²) < 4.78 is 23.1. The van der Waals surface area contributed by atoms with Crippen molar-refractivity contribution in [2.45, 2.75) is 17.4 Å². The SMILES string of the molecule is NS(=O)(=O)c1ccc(N2N=C(c3ccc(Cl)cc3)CC2c2ccccc2)cc1. The molecule has 0 aliphatic carbocycles. The Morgan fingerprint density at radius 2 is 1.57 bits per heavy atom. The number of anilines is 1. The van der Waals surface area contributed by atoms with Crippen LogP contribution in [0.5, 0.6) is 0 Å². The van der Waals surface area contributed by atoms with Crippen molar-refractivity contribution in [1.82, 2.24) is 0 Å². The highest BCUT2D eigenvalue weighted by atomic mass is 35.5. The van der Waals surface area contributed by atoms with E-state index in [2.05, 4.69) is 12.1 Å². The van der Waals surface area contributed by atoms with Crippen LogP contribution in [0.25, 0.3) is 0 Å². The lowest BCUT2D eigenvalue weighted by atomic mass is 9.98. The molecule has 2 N–H and O–H groups in total. The highest BCUT2D eigenvalue weighted by Gasteiger charge is 2.30. The van der Waals surface area contributed by atoms with E-state index in [1.54, 1.807) is 12.1 Å². The first-order valence-electron chi connectivity index (χ1n) is 8.72. The zero-order valence-corrected chi connectivity index (χ0v) is 16.4. The van der Waals surface area contributed by atoms with E-state index in [0.29, 0.717) is 5.02 Å². The van der Waals surface area contributed by atoms with Gasteiger partial charge in [-0.1, -0.05) is 54.1 Å². The number of nitrogens with zero attached hydrogens (tertiary/aromatic N) is 2. The molecule has 7 heteroatoms. The molecule has 0 radical (unpaired) electrons. The lowest BCUT2D eigenvalue weighted by molar-refractivity contribution is 0.597. The predicted octanol–water partition coefficient (Wildman–Crippen LogP) is 4.34. The van der Waals surface area contributed by atoms with Crippen LogP contribution in [-0.2, 0) is 10.0 Å². The molecule has 1 unspecified atom stereocenters. The van der Waals surface area contributed by atoms with Crippen molar-refractivity contribution in [2.24, 2.45) is 10.2 Å². The molecule has 1 atom stereocenters. The van der Waals surface area contributed by atoms with Crippen LogP contribution in [0.15, 0.2) is 88.9 Å². The van der Waals surface area contributed by atoms with Gasteiger partial charge in [0.1, 0.15) is 0 Å². The molecule has 3 aromatic rings. The summed E-state index contributed by atoms with van der Waals surface area (Å²) in [5, 5.41) is 12.6. The van der Waals surface area contributed by atoms with Crippen molar-refractivity contribution in [3.05, 3.63) is 95.0 Å². The molecule has 0 saturated heterocycles. The van der Waals surface area contributed by atoms with Crippen LogP contribution in [0.3, 0.4) is 0 Å². The van der Waals surface area contributed by atoms with Crippen molar-refractivity contribution in [1.29, 1.82) is 0 Å². The molecular weight excluding hydrogens is 394 g/mol. The number of hydrogen-bond acceptors (Lipinski definition) is 4. The first kappa shape index (κ1) is 18.7. The number of sulfonamides is 1. The van der Waals surface area contributed by atoms with Gasteiger partial charge in [-0.2, -0.15) is 5.10 Å². The van der Waals surface area contributed by atoms with E-state index in [1.165, 1.54) is 12.1 Å². The highest BCUT2D eigenvalue weighted by molar-refractivity contribution is 7.89. The maximum absolute atomic E-state index is 11.5. The number of benzene rings is 3. The summed E-state index contributed by atoms with van der Waals surface area (Å²) in [6, 6.07) is 24.2. The molecule has 1 aliphatic rings. The monoisotopic (exact) mass is 411 g/mol. The van der Waals surface area contributed by atoms with Gasteiger partial charge in [-0.15, -0.1) is 0 Å². The lowest BCUT2D eigenvalue weighted by Crippen LogP contribution is -2.19. The third kappa shape index (κ3) is 3.80. The second-order valence-electron chi connectivity index (χ2n) is 6.57. The Bertz CT molecular complexity index is 1110. The number of rotatable bonds is 4. The Morgan fingerprint density at radius 1 is 0.929 bits per heavy atom. The molecule has 1 aliphatic heterocycles. The first-order chi connectivity index (χ1) is 13.4. The maximum Gasteiger partial charge on any atom is 0.238 e. The fourth-order valence-corrected chi connectivity index (χ4v) is 3.93. The minimum Gasteiger partial charge on any atom is -0.257 e. The van der Waals surface area contributed by atoms with E-state index in [4.69, 9.17) is 21.8 Å². The van der Waals surface area contributed by atoms with Gasteiger partial charge in [0.2, 0.25) is 10.0 Å². The molecule has 142 valence electrons. The van der Waals surface area contributed by atoms with Gasteiger partial charge in [0, 0.05) is 11.4 Å². The molecule has 0 fully saturated rings. The summed E-state index contributed by atoms with van der Waals surface area (Å²) in [6.45, 7) is 0. The average Bonchev–Trinajstić information content (AvgIpc) is 3.14. The molecule has 5 nitrogen and oxygen atoms in total. The van der Waals surface area contributed by atoms with Crippen LogP contribution < -0.4 is 10.1 Å². The van der Waals surface area contributed by atoms with Crippen molar-refractivity contribution in [3.63, 3.8) is 0 Å². The molecule has 0 saturated carbocycles. The van der Waals surface area contributed by atoms with Gasteiger partial charge in [0.05, 0.1) is 22.3 Å². The number of hydrogen-bond donors (Lipinski definition) is 1. The number of primary sulfonamides is 1. The lowest BCUT2D eigenvalue weighted by Gasteiger charge is -2.24. The predicted molar refractivity (Wildman–Crippen MR) is 112 cm³/mol. The molecule has 3 aromatic carbocycles. The van der Waals surface area contributed by atoms with Gasteiger partial charge in [0.25, 0.3) is 0 Å². The van der Waals surface area contributed by atoms with Gasteiger partial charge >= 0.3 is 0 Å². The van der Waals surface area contributed by atoms with Crippen molar-refractivity contribution in [3.8, 4) is 0 Å². The Balaban J connectivity index is 1.74. The third-order valence-corrected chi connectivity index (χ3v) is 5.88. The van der Waals surface area contributed by atoms with Gasteiger partial charge < -0.3 is 0 Å². The zero-order chi connectivity index (χ0) is 19.7. The van der Waals surface area contributed by atoms with E-state index in [0.717, 1.165) is 28.9 Å². The molecule has 1 heterocycles. The topological polar surface area (TPSA) is 75.8 Å². The van der Waals surface area contributed by atoms with E-state index in [1.807, 2.05) is 47.5 Å². The summed E-state index contributed by atoms with van der Waals surface area (Å²) in [7, 11) is -3.73. The molecule has 0 amide bonds. The van der Waals surface area contributed by atoms with Crippen LogP contribution in [0, 0.1) is 0 Å². The summed E-state index contributed by atoms with van der Waals surface area (Å²) in [6.07, 6.45) is 0.725. The number of halogens is 1. The van der Waals surface area contributed by atoms with Crippen LogP contribution in [0.2, 0.25) is 5.02 Å². The van der Waals surface area contributed by atoms with Crippen LogP contribution >= 0.6 is 11.6 Å². The quantitative estimate of drug-likeness (QED) is 0.693. The molecule has 0 aromatic heterocycles. The molecule has 0 spiro atoms. The minimum absolute atomic E-state index is 0.00668. The van der Waals surface area contributed by atoms with Crippen LogP contribution in [0.4, 0.5) is 5.69 Å². The van der Waals surface area contributed by atoms with Crippen molar-refractivity contribution in [2.75, 3.05) is 5.01 Å². The Hall–Kier alpha value is -2.67. The van der Waals surface area contributed by atoms with Crippen molar-refractivity contribution >= 4 is 33.0 Å². The van der Waals surface area contributed by atoms with E-state index in [-0.39, 0.29) is 10.9 Å². The largest absolute Gasteiger partial charge is 0.257 e. The molecule has 4 rings (SSSR count). The van der Waals surface area contributed by atoms with E-state index in [9.17, 15) is 8.42 Å². The van der Waals surface area contributed by atoms with E-state index >= 15 is 0 Å². The van der Waals surface area contributed by atoms with Crippen molar-refractivity contribution < 1.29 is 8.42 Å². The second kappa shape index (κ2) is 7.39.